The molecule has 0 saturated heterocycles. The first-order chi connectivity index (χ1) is 14.0. The lowest BCUT2D eigenvalue weighted by atomic mass is 10.1. The van der Waals surface area contributed by atoms with Gasteiger partial charge in [-0.3, -0.25) is 14.5 Å². The van der Waals surface area contributed by atoms with Crippen LogP contribution in [0.5, 0.6) is 11.5 Å². The van der Waals surface area contributed by atoms with Crippen LogP contribution in [0.2, 0.25) is 0 Å². The van der Waals surface area contributed by atoms with E-state index in [-0.39, 0.29) is 18.5 Å². The van der Waals surface area contributed by atoms with Gasteiger partial charge in [0.2, 0.25) is 5.91 Å². The van der Waals surface area contributed by atoms with E-state index in [2.05, 4.69) is 15.5 Å². The van der Waals surface area contributed by atoms with Crippen molar-refractivity contribution in [3.63, 3.8) is 0 Å². The summed E-state index contributed by atoms with van der Waals surface area (Å²) in [7, 11) is 0. The minimum Gasteiger partial charge on any atom is -0.486 e. The molecule has 3 aromatic rings. The van der Waals surface area contributed by atoms with Crippen LogP contribution < -0.4 is 14.8 Å². The molecular formula is C21H22N4O3S. The molecule has 2 aromatic carbocycles. The average Bonchev–Trinajstić information content (AvgIpc) is 3.08. The normalized spacial score (nSPS) is 13.7. The van der Waals surface area contributed by atoms with E-state index in [1.807, 2.05) is 56.3 Å². The standard InChI is InChI=1S/C21H22N4O3S/c1-13-3-5-15(6-4-13)20-23-24-21(29)25(20)12-19(26)22-14(2)16-7-8-17-18(11-16)28-10-9-27-17/h3-8,11,14H,9-10,12H2,1-2H3,(H,22,26)(H,24,29)/t14-/m1/s1. The number of aromatic nitrogens is 3. The summed E-state index contributed by atoms with van der Waals surface area (Å²) in [6, 6.07) is 13.4. The Labute approximate surface area is 173 Å². The van der Waals surface area contributed by atoms with Gasteiger partial charge < -0.3 is 14.8 Å². The van der Waals surface area contributed by atoms with Crippen molar-refractivity contribution in [1.82, 2.24) is 20.1 Å². The second kappa shape index (κ2) is 8.08. The lowest BCUT2D eigenvalue weighted by Crippen LogP contribution is -2.30. The lowest BCUT2D eigenvalue weighted by Gasteiger charge is -2.21. The van der Waals surface area contributed by atoms with E-state index in [4.69, 9.17) is 21.7 Å². The maximum absolute atomic E-state index is 12.7. The van der Waals surface area contributed by atoms with Crippen LogP contribution in [-0.2, 0) is 11.3 Å². The maximum Gasteiger partial charge on any atom is 0.240 e. The van der Waals surface area contributed by atoms with Gasteiger partial charge in [0.25, 0.3) is 0 Å². The van der Waals surface area contributed by atoms with Crippen LogP contribution in [0.3, 0.4) is 0 Å². The summed E-state index contributed by atoms with van der Waals surface area (Å²) in [6.07, 6.45) is 0. The monoisotopic (exact) mass is 410 g/mol. The van der Waals surface area contributed by atoms with Crippen molar-refractivity contribution in [1.29, 1.82) is 0 Å². The topological polar surface area (TPSA) is 81.2 Å². The predicted octanol–water partition coefficient (Wildman–Crippen LogP) is 3.56. The Morgan fingerprint density at radius 3 is 2.69 bits per heavy atom. The number of carbonyl (C=O) groups is 1. The fourth-order valence-electron chi connectivity index (χ4n) is 3.23. The highest BCUT2D eigenvalue weighted by molar-refractivity contribution is 7.71. The lowest BCUT2D eigenvalue weighted by molar-refractivity contribution is -0.122. The highest BCUT2D eigenvalue weighted by Crippen LogP contribution is 2.32. The molecule has 1 aliphatic rings. The predicted molar refractivity (Wildman–Crippen MR) is 112 cm³/mol. The van der Waals surface area contributed by atoms with Crippen LogP contribution in [0.1, 0.15) is 24.1 Å². The molecule has 4 rings (SSSR count). The van der Waals surface area contributed by atoms with Gasteiger partial charge in [-0.05, 0) is 43.8 Å². The first-order valence-corrected chi connectivity index (χ1v) is 9.83. The number of benzene rings is 2. The van der Waals surface area contributed by atoms with Crippen molar-refractivity contribution in [2.75, 3.05) is 13.2 Å². The van der Waals surface area contributed by atoms with E-state index in [1.54, 1.807) is 4.57 Å². The molecule has 0 unspecified atom stereocenters. The number of nitrogens with one attached hydrogen (secondary N) is 2. The second-order valence-corrected chi connectivity index (χ2v) is 7.38. The van der Waals surface area contributed by atoms with Gasteiger partial charge in [0, 0.05) is 5.56 Å². The van der Waals surface area contributed by atoms with E-state index >= 15 is 0 Å². The van der Waals surface area contributed by atoms with E-state index in [0.29, 0.717) is 29.6 Å². The average molecular weight is 410 g/mol. The molecular weight excluding hydrogens is 388 g/mol. The molecule has 1 atom stereocenters. The summed E-state index contributed by atoms with van der Waals surface area (Å²) in [5.74, 6) is 1.91. The molecule has 2 heterocycles. The first kappa shape index (κ1) is 19.2. The number of carbonyl (C=O) groups excluding carboxylic acids is 1. The fourth-order valence-corrected chi connectivity index (χ4v) is 3.43. The Bertz CT molecular complexity index is 1090. The maximum atomic E-state index is 12.7. The third-order valence-electron chi connectivity index (χ3n) is 4.81. The number of amides is 1. The second-order valence-electron chi connectivity index (χ2n) is 7.00. The van der Waals surface area contributed by atoms with Crippen LogP contribution in [0.25, 0.3) is 11.4 Å². The number of hydrogen-bond donors (Lipinski definition) is 2. The SMILES string of the molecule is Cc1ccc(-c2n[nH]c(=S)n2CC(=O)N[C@H](C)c2ccc3c(c2)OCCO3)cc1. The molecule has 8 heteroatoms. The van der Waals surface area contributed by atoms with Crippen LogP contribution in [-0.4, -0.2) is 33.9 Å². The highest BCUT2D eigenvalue weighted by Gasteiger charge is 2.17. The molecule has 150 valence electrons. The molecule has 0 radical (unpaired) electrons. The van der Waals surface area contributed by atoms with E-state index in [1.165, 1.54) is 0 Å². The van der Waals surface area contributed by atoms with Crippen molar-refractivity contribution in [3.8, 4) is 22.9 Å². The fraction of sp³-hybridized carbons (Fsp3) is 0.286. The van der Waals surface area contributed by atoms with Crippen molar-refractivity contribution < 1.29 is 14.3 Å². The molecule has 7 nitrogen and oxygen atoms in total. The highest BCUT2D eigenvalue weighted by atomic mass is 32.1. The molecule has 29 heavy (non-hydrogen) atoms. The minimum absolute atomic E-state index is 0.0768. The Morgan fingerprint density at radius 1 is 1.21 bits per heavy atom. The van der Waals surface area contributed by atoms with E-state index in [9.17, 15) is 4.79 Å². The molecule has 0 fully saturated rings. The number of fused-ring (bicyclic) bond motifs is 1. The van der Waals surface area contributed by atoms with Crippen molar-refractivity contribution >= 4 is 18.1 Å². The van der Waals surface area contributed by atoms with Crippen molar-refractivity contribution in [3.05, 3.63) is 58.4 Å². The number of aromatic amines is 1. The van der Waals surface area contributed by atoms with Gasteiger partial charge in [0.1, 0.15) is 19.8 Å². The Hall–Kier alpha value is -3.13. The third-order valence-corrected chi connectivity index (χ3v) is 5.13. The molecule has 0 bridgehead atoms. The van der Waals surface area contributed by atoms with E-state index in [0.717, 1.165) is 22.4 Å². The van der Waals surface area contributed by atoms with Crippen LogP contribution in [0.15, 0.2) is 42.5 Å². The number of ether oxygens (including phenoxy) is 2. The van der Waals surface area contributed by atoms with Gasteiger partial charge in [-0.25, -0.2) is 0 Å². The van der Waals surface area contributed by atoms with Gasteiger partial charge >= 0.3 is 0 Å². The van der Waals surface area contributed by atoms with Crippen molar-refractivity contribution in [2.45, 2.75) is 26.4 Å². The number of H-pyrrole nitrogens is 1. The number of nitrogens with zero attached hydrogens (tertiary/aromatic N) is 2. The number of rotatable bonds is 5. The van der Waals surface area contributed by atoms with Crippen molar-refractivity contribution in [2.24, 2.45) is 0 Å². The zero-order valence-electron chi connectivity index (χ0n) is 16.3. The van der Waals surface area contributed by atoms with Gasteiger partial charge in [-0.2, -0.15) is 5.10 Å². The van der Waals surface area contributed by atoms with Gasteiger partial charge in [-0.1, -0.05) is 35.9 Å². The summed E-state index contributed by atoms with van der Waals surface area (Å²) in [5, 5.41) is 10.1. The summed E-state index contributed by atoms with van der Waals surface area (Å²) in [5.41, 5.74) is 2.99. The molecule has 0 aliphatic carbocycles. The number of aryl methyl sites for hydroxylation is 1. The zero-order valence-corrected chi connectivity index (χ0v) is 17.1. The molecule has 0 saturated carbocycles. The largest absolute Gasteiger partial charge is 0.486 e. The Morgan fingerprint density at radius 2 is 1.93 bits per heavy atom. The van der Waals surface area contributed by atoms with Gasteiger partial charge in [0.05, 0.1) is 6.04 Å². The minimum atomic E-state index is -0.192. The Balaban J connectivity index is 1.48. The molecule has 1 amide bonds. The van der Waals surface area contributed by atoms with Gasteiger partial charge in [-0.15, -0.1) is 0 Å². The van der Waals surface area contributed by atoms with Gasteiger partial charge in [0.15, 0.2) is 22.1 Å². The molecule has 1 aliphatic heterocycles. The summed E-state index contributed by atoms with van der Waals surface area (Å²) < 4.78 is 13.3. The number of hydrogen-bond acceptors (Lipinski definition) is 5. The third kappa shape index (κ3) is 4.17. The quantitative estimate of drug-likeness (QED) is 0.629. The summed E-state index contributed by atoms with van der Waals surface area (Å²) in [4.78, 5) is 12.7. The summed E-state index contributed by atoms with van der Waals surface area (Å²) >= 11 is 5.33. The molecule has 2 N–H and O–H groups in total. The molecule has 1 aromatic heterocycles. The van der Waals surface area contributed by atoms with Crippen LogP contribution in [0, 0.1) is 11.7 Å². The zero-order chi connectivity index (χ0) is 20.4. The van der Waals surface area contributed by atoms with Crippen LogP contribution in [0.4, 0.5) is 0 Å². The van der Waals surface area contributed by atoms with E-state index < -0.39 is 0 Å². The Kier molecular flexibility index (Phi) is 5.35. The van der Waals surface area contributed by atoms with Crippen LogP contribution >= 0.6 is 12.2 Å². The first-order valence-electron chi connectivity index (χ1n) is 9.42. The molecule has 0 spiro atoms. The summed E-state index contributed by atoms with van der Waals surface area (Å²) in [6.45, 7) is 5.10. The smallest absolute Gasteiger partial charge is 0.240 e.